The SMILES string of the molecule is CC(C)c1nc(-c2cccc(Br)c2)co1. The van der Waals surface area contributed by atoms with E-state index in [1.54, 1.807) is 6.26 Å². The molecule has 0 unspecified atom stereocenters. The zero-order valence-electron chi connectivity index (χ0n) is 8.70. The van der Waals surface area contributed by atoms with Crippen LogP contribution in [0.3, 0.4) is 0 Å². The van der Waals surface area contributed by atoms with E-state index in [0.29, 0.717) is 5.92 Å². The van der Waals surface area contributed by atoms with Gasteiger partial charge in [-0.05, 0) is 12.1 Å². The van der Waals surface area contributed by atoms with Crippen LogP contribution in [0.15, 0.2) is 39.4 Å². The predicted molar refractivity (Wildman–Crippen MR) is 63.7 cm³/mol. The maximum absolute atomic E-state index is 5.39. The topological polar surface area (TPSA) is 26.0 Å². The molecule has 0 atom stereocenters. The molecule has 2 rings (SSSR count). The minimum absolute atomic E-state index is 0.325. The Hall–Kier alpha value is -1.09. The molecule has 0 fully saturated rings. The van der Waals surface area contributed by atoms with E-state index in [-0.39, 0.29) is 0 Å². The van der Waals surface area contributed by atoms with Crippen molar-refractivity contribution in [3.05, 3.63) is 40.9 Å². The minimum Gasteiger partial charge on any atom is -0.448 e. The van der Waals surface area contributed by atoms with Gasteiger partial charge in [-0.3, -0.25) is 0 Å². The second-order valence-corrected chi connectivity index (χ2v) is 4.65. The molecule has 0 saturated heterocycles. The molecule has 0 radical (unpaired) electrons. The Balaban J connectivity index is 2.37. The number of benzene rings is 1. The smallest absolute Gasteiger partial charge is 0.197 e. The first-order valence-electron chi connectivity index (χ1n) is 4.88. The van der Waals surface area contributed by atoms with E-state index in [9.17, 15) is 0 Å². The summed E-state index contributed by atoms with van der Waals surface area (Å²) in [6.07, 6.45) is 1.71. The Bertz CT molecular complexity index is 462. The van der Waals surface area contributed by atoms with Crippen LogP contribution in [-0.2, 0) is 0 Å². The second-order valence-electron chi connectivity index (χ2n) is 3.74. The molecular formula is C12H12BrNO. The molecule has 0 aliphatic carbocycles. The average Bonchev–Trinajstić information content (AvgIpc) is 2.66. The first kappa shape index (κ1) is 10.4. The van der Waals surface area contributed by atoms with Crippen molar-refractivity contribution in [2.24, 2.45) is 0 Å². The lowest BCUT2D eigenvalue weighted by molar-refractivity contribution is 0.471. The number of hydrogen-bond donors (Lipinski definition) is 0. The van der Waals surface area contributed by atoms with Crippen molar-refractivity contribution in [2.75, 3.05) is 0 Å². The van der Waals surface area contributed by atoms with Gasteiger partial charge in [0.05, 0.1) is 0 Å². The molecule has 1 aromatic carbocycles. The number of rotatable bonds is 2. The number of halogens is 1. The summed E-state index contributed by atoms with van der Waals surface area (Å²) in [7, 11) is 0. The highest BCUT2D eigenvalue weighted by Crippen LogP contribution is 2.24. The van der Waals surface area contributed by atoms with Crippen LogP contribution < -0.4 is 0 Å². The summed E-state index contributed by atoms with van der Waals surface area (Å²) in [5.74, 6) is 1.11. The third-order valence-corrected chi connectivity index (χ3v) is 2.63. The summed E-state index contributed by atoms with van der Waals surface area (Å²) in [4.78, 5) is 4.43. The van der Waals surface area contributed by atoms with Gasteiger partial charge in [0, 0.05) is 16.0 Å². The van der Waals surface area contributed by atoms with Crippen molar-refractivity contribution >= 4 is 15.9 Å². The van der Waals surface area contributed by atoms with Gasteiger partial charge in [-0.2, -0.15) is 0 Å². The number of oxazole rings is 1. The lowest BCUT2D eigenvalue weighted by Gasteiger charge is -1.96. The quantitative estimate of drug-likeness (QED) is 0.813. The summed E-state index contributed by atoms with van der Waals surface area (Å²) in [6, 6.07) is 8.03. The average molecular weight is 266 g/mol. The van der Waals surface area contributed by atoms with Gasteiger partial charge in [-0.15, -0.1) is 0 Å². The summed E-state index contributed by atoms with van der Waals surface area (Å²) < 4.78 is 6.44. The van der Waals surface area contributed by atoms with Crippen molar-refractivity contribution in [2.45, 2.75) is 19.8 Å². The van der Waals surface area contributed by atoms with E-state index in [2.05, 4.69) is 34.8 Å². The molecule has 0 aliphatic heterocycles. The highest BCUT2D eigenvalue weighted by Gasteiger charge is 2.09. The first-order chi connectivity index (χ1) is 7.16. The van der Waals surface area contributed by atoms with E-state index >= 15 is 0 Å². The predicted octanol–water partition coefficient (Wildman–Crippen LogP) is 4.23. The van der Waals surface area contributed by atoms with Crippen LogP contribution in [0.2, 0.25) is 0 Å². The molecule has 0 aliphatic rings. The zero-order chi connectivity index (χ0) is 10.8. The van der Waals surface area contributed by atoms with Crippen LogP contribution in [0.25, 0.3) is 11.3 Å². The fourth-order valence-corrected chi connectivity index (χ4v) is 1.73. The van der Waals surface area contributed by atoms with Gasteiger partial charge < -0.3 is 4.42 Å². The summed E-state index contributed by atoms with van der Waals surface area (Å²) in [5, 5.41) is 0. The molecule has 0 N–H and O–H groups in total. The third kappa shape index (κ3) is 2.29. The Morgan fingerprint density at radius 1 is 1.33 bits per heavy atom. The van der Waals surface area contributed by atoms with Crippen LogP contribution in [0.4, 0.5) is 0 Å². The highest BCUT2D eigenvalue weighted by molar-refractivity contribution is 9.10. The Morgan fingerprint density at radius 3 is 2.73 bits per heavy atom. The lowest BCUT2D eigenvalue weighted by atomic mass is 10.2. The van der Waals surface area contributed by atoms with Gasteiger partial charge in [0.15, 0.2) is 5.89 Å². The molecule has 15 heavy (non-hydrogen) atoms. The Morgan fingerprint density at radius 2 is 2.13 bits per heavy atom. The number of aromatic nitrogens is 1. The van der Waals surface area contributed by atoms with Gasteiger partial charge in [0.25, 0.3) is 0 Å². The normalized spacial score (nSPS) is 10.9. The van der Waals surface area contributed by atoms with Gasteiger partial charge in [-0.1, -0.05) is 41.9 Å². The van der Waals surface area contributed by atoms with Crippen molar-refractivity contribution in [3.8, 4) is 11.3 Å². The molecule has 0 bridgehead atoms. The van der Waals surface area contributed by atoms with Gasteiger partial charge in [-0.25, -0.2) is 4.98 Å². The maximum Gasteiger partial charge on any atom is 0.197 e. The van der Waals surface area contributed by atoms with Crippen molar-refractivity contribution in [3.63, 3.8) is 0 Å². The minimum atomic E-state index is 0.325. The van der Waals surface area contributed by atoms with Gasteiger partial charge in [0.2, 0.25) is 0 Å². The van der Waals surface area contributed by atoms with Crippen LogP contribution in [-0.4, -0.2) is 4.98 Å². The fourth-order valence-electron chi connectivity index (χ4n) is 1.33. The molecule has 1 heterocycles. The van der Waals surface area contributed by atoms with Gasteiger partial charge >= 0.3 is 0 Å². The lowest BCUT2D eigenvalue weighted by Crippen LogP contribution is -1.86. The number of hydrogen-bond acceptors (Lipinski definition) is 2. The Labute approximate surface area is 97.5 Å². The van der Waals surface area contributed by atoms with E-state index in [0.717, 1.165) is 21.6 Å². The maximum atomic E-state index is 5.39. The van der Waals surface area contributed by atoms with Crippen molar-refractivity contribution in [1.82, 2.24) is 4.98 Å². The largest absolute Gasteiger partial charge is 0.448 e. The molecule has 2 aromatic rings. The summed E-state index contributed by atoms with van der Waals surface area (Å²) in [5.41, 5.74) is 1.96. The number of nitrogens with zero attached hydrogens (tertiary/aromatic N) is 1. The van der Waals surface area contributed by atoms with Gasteiger partial charge in [0.1, 0.15) is 12.0 Å². The molecule has 2 nitrogen and oxygen atoms in total. The molecule has 0 amide bonds. The standard InChI is InChI=1S/C12H12BrNO/c1-8(2)12-14-11(7-15-12)9-4-3-5-10(13)6-9/h3-8H,1-2H3. The van der Waals surface area contributed by atoms with E-state index in [4.69, 9.17) is 4.42 Å². The van der Waals surface area contributed by atoms with Crippen LogP contribution in [0.5, 0.6) is 0 Å². The third-order valence-electron chi connectivity index (χ3n) is 2.14. The van der Waals surface area contributed by atoms with E-state index in [1.165, 1.54) is 0 Å². The first-order valence-corrected chi connectivity index (χ1v) is 5.67. The molecule has 0 saturated carbocycles. The fraction of sp³-hybridized carbons (Fsp3) is 0.250. The van der Waals surface area contributed by atoms with Crippen molar-refractivity contribution < 1.29 is 4.42 Å². The van der Waals surface area contributed by atoms with E-state index < -0.39 is 0 Å². The molecule has 3 heteroatoms. The molecule has 1 aromatic heterocycles. The summed E-state index contributed by atoms with van der Waals surface area (Å²) in [6.45, 7) is 4.13. The summed E-state index contributed by atoms with van der Waals surface area (Å²) >= 11 is 3.44. The molecule has 78 valence electrons. The van der Waals surface area contributed by atoms with Crippen molar-refractivity contribution in [1.29, 1.82) is 0 Å². The molecular weight excluding hydrogens is 254 g/mol. The van der Waals surface area contributed by atoms with Crippen LogP contribution >= 0.6 is 15.9 Å². The second kappa shape index (κ2) is 4.19. The highest BCUT2D eigenvalue weighted by atomic mass is 79.9. The molecule has 0 spiro atoms. The zero-order valence-corrected chi connectivity index (χ0v) is 10.3. The van der Waals surface area contributed by atoms with E-state index in [1.807, 2.05) is 24.3 Å². The Kier molecular flexibility index (Phi) is 2.91. The van der Waals surface area contributed by atoms with Crippen LogP contribution in [0, 0.1) is 0 Å². The monoisotopic (exact) mass is 265 g/mol. The van der Waals surface area contributed by atoms with Crippen LogP contribution in [0.1, 0.15) is 25.7 Å².